The maximum atomic E-state index is 13.1. The highest BCUT2D eigenvalue weighted by Crippen LogP contribution is 2.51. The molecule has 0 saturated carbocycles. The van der Waals surface area contributed by atoms with Gasteiger partial charge in [0.05, 0.1) is 46.8 Å². The standard InChI is InChI=1S/C22H26NO5/c1-23(2)10-9-15-11-19-21(28-13-27-19)22(26-4)20(15)17(23)12-18(24)14-5-7-16(25-3)8-6-14/h5-8,11,17H,9-10,12-13H2,1-4H3/q+1/t17-/m1/s1. The number of fused-ring (bicyclic) bond motifs is 2. The van der Waals surface area contributed by atoms with Crippen molar-refractivity contribution in [3.63, 3.8) is 0 Å². The molecule has 6 nitrogen and oxygen atoms in total. The van der Waals surface area contributed by atoms with E-state index in [-0.39, 0.29) is 18.6 Å². The van der Waals surface area contributed by atoms with Crippen molar-refractivity contribution < 1.29 is 28.2 Å². The first-order chi connectivity index (χ1) is 13.4. The van der Waals surface area contributed by atoms with Crippen molar-refractivity contribution in [1.29, 1.82) is 0 Å². The van der Waals surface area contributed by atoms with E-state index in [0.717, 1.165) is 30.0 Å². The number of quaternary nitrogens is 1. The molecule has 2 aliphatic heterocycles. The molecule has 28 heavy (non-hydrogen) atoms. The van der Waals surface area contributed by atoms with Crippen molar-refractivity contribution in [2.45, 2.75) is 18.9 Å². The third-order valence-electron chi connectivity index (χ3n) is 5.87. The largest absolute Gasteiger partial charge is 0.497 e. The van der Waals surface area contributed by atoms with Crippen LogP contribution < -0.4 is 18.9 Å². The third-order valence-corrected chi connectivity index (χ3v) is 5.87. The quantitative estimate of drug-likeness (QED) is 0.584. The summed E-state index contributed by atoms with van der Waals surface area (Å²) in [5, 5.41) is 0. The number of benzene rings is 2. The Morgan fingerprint density at radius 2 is 1.89 bits per heavy atom. The van der Waals surface area contributed by atoms with Crippen molar-refractivity contribution >= 4 is 5.78 Å². The van der Waals surface area contributed by atoms with Crippen LogP contribution >= 0.6 is 0 Å². The average Bonchev–Trinajstić information content (AvgIpc) is 3.16. The molecule has 0 N–H and O–H groups in total. The Hall–Kier alpha value is -2.73. The van der Waals surface area contributed by atoms with E-state index in [0.29, 0.717) is 28.0 Å². The molecule has 0 amide bonds. The Morgan fingerprint density at radius 3 is 2.57 bits per heavy atom. The lowest BCUT2D eigenvalue weighted by Crippen LogP contribution is -2.48. The maximum Gasteiger partial charge on any atom is 0.231 e. The van der Waals surface area contributed by atoms with Crippen LogP contribution in [0.2, 0.25) is 0 Å². The van der Waals surface area contributed by atoms with Gasteiger partial charge in [-0.15, -0.1) is 0 Å². The number of ether oxygens (including phenoxy) is 4. The van der Waals surface area contributed by atoms with E-state index < -0.39 is 0 Å². The number of rotatable bonds is 5. The Morgan fingerprint density at radius 1 is 1.14 bits per heavy atom. The van der Waals surface area contributed by atoms with Crippen LogP contribution in [0.4, 0.5) is 0 Å². The number of ketones is 1. The highest BCUT2D eigenvalue weighted by Gasteiger charge is 2.42. The first-order valence-corrected chi connectivity index (χ1v) is 9.44. The first kappa shape index (κ1) is 18.6. The maximum absolute atomic E-state index is 13.1. The average molecular weight is 384 g/mol. The second-order valence-corrected chi connectivity index (χ2v) is 7.84. The van der Waals surface area contributed by atoms with Gasteiger partial charge in [0.1, 0.15) is 11.8 Å². The van der Waals surface area contributed by atoms with E-state index in [2.05, 4.69) is 14.1 Å². The van der Waals surface area contributed by atoms with Gasteiger partial charge in [-0.2, -0.15) is 0 Å². The number of carbonyl (C=O) groups is 1. The van der Waals surface area contributed by atoms with Gasteiger partial charge < -0.3 is 23.4 Å². The number of likely N-dealkylation sites (N-methyl/N-ethyl adjacent to an activating group) is 1. The van der Waals surface area contributed by atoms with Gasteiger partial charge in [-0.1, -0.05) is 0 Å². The second-order valence-electron chi connectivity index (χ2n) is 7.84. The fraction of sp³-hybridized carbons (Fsp3) is 0.409. The molecule has 0 saturated heterocycles. The monoisotopic (exact) mass is 384 g/mol. The minimum atomic E-state index is -0.0252. The summed E-state index contributed by atoms with van der Waals surface area (Å²) >= 11 is 0. The molecule has 0 unspecified atom stereocenters. The zero-order chi connectivity index (χ0) is 19.9. The molecule has 0 aromatic heterocycles. The molecule has 0 fully saturated rings. The van der Waals surface area contributed by atoms with Crippen LogP contribution in [0.25, 0.3) is 0 Å². The molecule has 2 aliphatic rings. The number of nitrogens with zero attached hydrogens (tertiary/aromatic N) is 1. The van der Waals surface area contributed by atoms with Gasteiger partial charge in [0, 0.05) is 12.0 Å². The van der Waals surface area contributed by atoms with Crippen molar-refractivity contribution in [2.75, 3.05) is 41.7 Å². The molecular formula is C22H26NO5+. The highest BCUT2D eigenvalue weighted by molar-refractivity contribution is 5.96. The third kappa shape index (κ3) is 3.07. The van der Waals surface area contributed by atoms with E-state index in [4.69, 9.17) is 18.9 Å². The molecule has 0 aliphatic carbocycles. The van der Waals surface area contributed by atoms with Crippen LogP contribution in [0, 0.1) is 0 Å². The summed E-state index contributed by atoms with van der Waals surface area (Å²) in [5.74, 6) is 2.91. The number of hydrogen-bond donors (Lipinski definition) is 0. The fourth-order valence-electron chi connectivity index (χ4n) is 4.19. The van der Waals surface area contributed by atoms with Crippen LogP contribution in [0.5, 0.6) is 23.0 Å². The molecule has 0 spiro atoms. The highest BCUT2D eigenvalue weighted by atomic mass is 16.7. The summed E-state index contributed by atoms with van der Waals surface area (Å²) in [4.78, 5) is 13.1. The predicted molar refractivity (Wildman–Crippen MR) is 104 cm³/mol. The van der Waals surface area contributed by atoms with Crippen LogP contribution in [-0.2, 0) is 6.42 Å². The summed E-state index contributed by atoms with van der Waals surface area (Å²) in [6.45, 7) is 1.14. The Bertz CT molecular complexity index is 904. The van der Waals surface area contributed by atoms with E-state index >= 15 is 0 Å². The first-order valence-electron chi connectivity index (χ1n) is 9.44. The van der Waals surface area contributed by atoms with E-state index in [9.17, 15) is 4.79 Å². The van der Waals surface area contributed by atoms with Gasteiger partial charge in [0.25, 0.3) is 0 Å². The topological polar surface area (TPSA) is 54.0 Å². The summed E-state index contributed by atoms with van der Waals surface area (Å²) in [6.07, 6.45) is 1.30. The molecule has 0 bridgehead atoms. The lowest BCUT2D eigenvalue weighted by Gasteiger charge is -2.43. The van der Waals surface area contributed by atoms with Gasteiger partial charge in [0.2, 0.25) is 12.5 Å². The van der Waals surface area contributed by atoms with Gasteiger partial charge in [-0.25, -0.2) is 0 Å². The number of methoxy groups -OCH3 is 2. The predicted octanol–water partition coefficient (Wildman–Crippen LogP) is 3.38. The van der Waals surface area contributed by atoms with Crippen molar-refractivity contribution in [2.24, 2.45) is 0 Å². The van der Waals surface area contributed by atoms with Gasteiger partial charge in [0.15, 0.2) is 17.3 Å². The van der Waals surface area contributed by atoms with E-state index in [1.54, 1.807) is 14.2 Å². The van der Waals surface area contributed by atoms with E-state index in [1.165, 1.54) is 5.56 Å². The van der Waals surface area contributed by atoms with Crippen molar-refractivity contribution in [1.82, 2.24) is 0 Å². The number of Topliss-reactive ketones (excluding diaryl/α,β-unsaturated/α-hetero) is 1. The van der Waals surface area contributed by atoms with Crippen LogP contribution in [0.1, 0.15) is 33.9 Å². The molecular weight excluding hydrogens is 358 g/mol. The summed E-state index contributed by atoms with van der Waals surface area (Å²) in [7, 11) is 7.60. The molecule has 4 rings (SSSR count). The van der Waals surface area contributed by atoms with Gasteiger partial charge >= 0.3 is 0 Å². The van der Waals surface area contributed by atoms with Gasteiger partial charge in [-0.05, 0) is 35.9 Å². The Balaban J connectivity index is 1.73. The summed E-state index contributed by atoms with van der Waals surface area (Å²) in [6, 6.07) is 9.30. The molecule has 2 aromatic rings. The smallest absolute Gasteiger partial charge is 0.231 e. The second kappa shape index (κ2) is 7.02. The van der Waals surface area contributed by atoms with Crippen LogP contribution in [0.3, 0.4) is 0 Å². The minimum Gasteiger partial charge on any atom is -0.497 e. The Labute approximate surface area is 165 Å². The zero-order valence-electron chi connectivity index (χ0n) is 16.8. The summed E-state index contributed by atoms with van der Waals surface area (Å²) in [5.41, 5.74) is 2.92. The van der Waals surface area contributed by atoms with Crippen LogP contribution in [0.15, 0.2) is 30.3 Å². The van der Waals surface area contributed by atoms with E-state index in [1.807, 2.05) is 30.3 Å². The summed E-state index contributed by atoms with van der Waals surface area (Å²) < 4.78 is 22.9. The number of carbonyl (C=O) groups excluding carboxylic acids is 1. The fourth-order valence-corrected chi connectivity index (χ4v) is 4.19. The molecule has 1 atom stereocenters. The molecule has 0 radical (unpaired) electrons. The molecule has 2 aromatic carbocycles. The van der Waals surface area contributed by atoms with Crippen molar-refractivity contribution in [3.05, 3.63) is 47.0 Å². The van der Waals surface area contributed by atoms with Gasteiger partial charge in [-0.3, -0.25) is 4.79 Å². The zero-order valence-corrected chi connectivity index (χ0v) is 16.8. The SMILES string of the molecule is COc1ccc(C(=O)C[C@@H]2c3c(cc4c(c3OC)OCO4)CC[N+]2(C)C)cc1. The van der Waals surface area contributed by atoms with Crippen molar-refractivity contribution in [3.8, 4) is 23.0 Å². The molecule has 2 heterocycles. The normalized spacial score (nSPS) is 19.1. The lowest BCUT2D eigenvalue weighted by atomic mass is 9.86. The van der Waals surface area contributed by atoms with Crippen LogP contribution in [-0.4, -0.2) is 51.9 Å². The molecule has 148 valence electrons. The lowest BCUT2D eigenvalue weighted by molar-refractivity contribution is -0.922. The number of hydrogen-bond acceptors (Lipinski definition) is 5. The Kier molecular flexibility index (Phi) is 4.67. The molecule has 6 heteroatoms. The minimum absolute atomic E-state index is 0.0252.